The molecule has 1 aliphatic rings. The molecule has 1 heterocycles. The molecule has 2 rings (SSSR count). The van der Waals surface area contributed by atoms with Gasteiger partial charge in [-0.15, -0.1) is 0 Å². The third-order valence-corrected chi connectivity index (χ3v) is 12.3. The Morgan fingerprint density at radius 3 is 2.12 bits per heavy atom. The molecule has 34 heavy (non-hydrogen) atoms. The predicted octanol–water partition coefficient (Wildman–Crippen LogP) is 5.52. The van der Waals surface area contributed by atoms with Crippen LogP contribution in [0.5, 0.6) is 0 Å². The minimum Gasteiger partial charge on any atom is -0.459 e. The van der Waals surface area contributed by atoms with Gasteiger partial charge >= 0.3 is 5.97 Å². The minimum atomic E-state index is -2.13. The third kappa shape index (κ3) is 6.95. The van der Waals surface area contributed by atoms with Crippen molar-refractivity contribution in [3.8, 4) is 0 Å². The molecule has 8 heteroatoms. The topological polar surface area (TPSA) is 72.9 Å². The molecule has 1 aromatic rings. The summed E-state index contributed by atoms with van der Waals surface area (Å²) in [5, 5.41) is -0.0490. The number of ether oxygens (including phenoxy) is 1. The number of thioether (sulfide) groups is 1. The van der Waals surface area contributed by atoms with Gasteiger partial charge in [-0.2, -0.15) is 0 Å². The first kappa shape index (κ1) is 28.6. The van der Waals surface area contributed by atoms with E-state index in [0.29, 0.717) is 0 Å². The number of carbonyl (C=O) groups excluding carboxylic acids is 3. The summed E-state index contributed by atoms with van der Waals surface area (Å²) in [7, 11) is -2.13. The average molecular weight is 508 g/mol. The van der Waals surface area contributed by atoms with Crippen LogP contribution in [0.2, 0.25) is 18.1 Å². The van der Waals surface area contributed by atoms with Gasteiger partial charge in [-0.1, -0.05) is 57.7 Å². The second-order valence-corrected chi connectivity index (χ2v) is 17.5. The van der Waals surface area contributed by atoms with E-state index in [1.54, 1.807) is 20.8 Å². The molecule has 1 saturated heterocycles. The Bertz CT molecular complexity index is 891. The molecule has 1 aliphatic heterocycles. The number of likely N-dealkylation sites (tertiary alicyclic amines) is 1. The number of hydrogen-bond donors (Lipinski definition) is 0. The summed E-state index contributed by atoms with van der Waals surface area (Å²) in [6.45, 7) is 19.7. The zero-order valence-electron chi connectivity index (χ0n) is 22.3. The molecule has 0 spiro atoms. The van der Waals surface area contributed by atoms with Gasteiger partial charge in [0, 0.05) is 10.8 Å². The molecule has 1 fully saturated rings. The van der Waals surface area contributed by atoms with E-state index in [9.17, 15) is 14.4 Å². The number of esters is 1. The highest BCUT2D eigenvalue weighted by Crippen LogP contribution is 2.43. The van der Waals surface area contributed by atoms with Crippen LogP contribution in [-0.4, -0.2) is 54.5 Å². The van der Waals surface area contributed by atoms with Gasteiger partial charge in [0.2, 0.25) is 5.91 Å². The second kappa shape index (κ2) is 10.5. The molecular weight excluding hydrogens is 466 g/mol. The Labute approximate surface area is 210 Å². The van der Waals surface area contributed by atoms with Crippen LogP contribution in [-0.2, 0) is 23.5 Å². The van der Waals surface area contributed by atoms with Crippen LogP contribution in [0.1, 0.15) is 55.4 Å². The summed E-state index contributed by atoms with van der Waals surface area (Å²) >= 11 is 1.17. The van der Waals surface area contributed by atoms with Gasteiger partial charge < -0.3 is 14.1 Å². The molecule has 1 amide bonds. The van der Waals surface area contributed by atoms with E-state index >= 15 is 0 Å². The maximum atomic E-state index is 13.3. The Morgan fingerprint density at radius 1 is 1.06 bits per heavy atom. The quantitative estimate of drug-likeness (QED) is 0.200. The Kier molecular flexibility index (Phi) is 8.87. The highest BCUT2D eigenvalue weighted by molar-refractivity contribution is 8.13. The van der Waals surface area contributed by atoms with Gasteiger partial charge in [-0.3, -0.25) is 14.4 Å². The summed E-state index contributed by atoms with van der Waals surface area (Å²) in [6, 6.07) is 9.03. The first-order valence-electron chi connectivity index (χ1n) is 11.9. The van der Waals surface area contributed by atoms with Crippen molar-refractivity contribution in [2.45, 2.75) is 96.2 Å². The van der Waals surface area contributed by atoms with Crippen LogP contribution in [0.4, 0.5) is 0 Å². The van der Waals surface area contributed by atoms with Crippen LogP contribution in [0.25, 0.3) is 0 Å². The molecule has 0 aliphatic carbocycles. The summed E-state index contributed by atoms with van der Waals surface area (Å²) in [6.07, 6.45) is -0.356. The summed E-state index contributed by atoms with van der Waals surface area (Å²) in [4.78, 5) is 41.4. The van der Waals surface area contributed by atoms with Gasteiger partial charge in [0.15, 0.2) is 13.4 Å². The maximum absolute atomic E-state index is 13.3. The fourth-order valence-electron chi connectivity index (χ4n) is 3.90. The van der Waals surface area contributed by atoms with Crippen LogP contribution in [0, 0.1) is 11.8 Å². The lowest BCUT2D eigenvalue weighted by molar-refractivity contribution is -0.178. The number of amides is 1. The molecule has 0 N–H and O–H groups in total. The second-order valence-electron chi connectivity index (χ2n) is 11.7. The highest BCUT2D eigenvalue weighted by Gasteiger charge is 2.56. The van der Waals surface area contributed by atoms with Gasteiger partial charge in [0.1, 0.15) is 12.1 Å². The van der Waals surface area contributed by atoms with Crippen molar-refractivity contribution < 1.29 is 23.5 Å². The van der Waals surface area contributed by atoms with Crippen molar-refractivity contribution in [3.05, 3.63) is 30.3 Å². The number of hydrogen-bond acceptors (Lipinski definition) is 6. The van der Waals surface area contributed by atoms with Crippen molar-refractivity contribution in [2.75, 3.05) is 6.54 Å². The molecule has 0 radical (unpaired) electrons. The lowest BCUT2D eigenvalue weighted by atomic mass is 9.77. The zero-order valence-corrected chi connectivity index (χ0v) is 24.1. The van der Waals surface area contributed by atoms with Crippen LogP contribution >= 0.6 is 11.8 Å². The number of benzene rings is 1. The van der Waals surface area contributed by atoms with Crippen molar-refractivity contribution in [2.24, 2.45) is 11.8 Å². The summed E-state index contributed by atoms with van der Waals surface area (Å²) < 4.78 is 12.0. The van der Waals surface area contributed by atoms with E-state index in [4.69, 9.17) is 9.16 Å². The van der Waals surface area contributed by atoms with Crippen molar-refractivity contribution in [3.63, 3.8) is 0 Å². The first-order valence-corrected chi connectivity index (χ1v) is 15.6. The molecule has 6 nitrogen and oxygen atoms in total. The van der Waals surface area contributed by atoms with Crippen LogP contribution in [0.15, 0.2) is 35.2 Å². The summed E-state index contributed by atoms with van der Waals surface area (Å²) in [5.74, 6) is -1.59. The smallest absolute Gasteiger partial charge is 0.326 e. The zero-order chi connectivity index (χ0) is 26.1. The molecule has 4 atom stereocenters. The minimum absolute atomic E-state index is 0.00957. The highest BCUT2D eigenvalue weighted by atomic mass is 32.2. The van der Waals surface area contributed by atoms with Gasteiger partial charge in [-0.05, 0) is 58.0 Å². The molecule has 1 aromatic carbocycles. The van der Waals surface area contributed by atoms with Crippen LogP contribution < -0.4 is 0 Å². The van der Waals surface area contributed by atoms with Crippen molar-refractivity contribution in [1.29, 1.82) is 0 Å². The average Bonchev–Trinajstić information content (AvgIpc) is 2.67. The van der Waals surface area contributed by atoms with E-state index in [-0.39, 0.29) is 28.7 Å². The normalized spacial score (nSPS) is 21.0. The summed E-state index contributed by atoms with van der Waals surface area (Å²) in [5.41, 5.74) is -0.650. The third-order valence-electron chi connectivity index (χ3n) is 6.65. The fraction of sp³-hybridized carbons (Fsp3) is 0.654. The lowest BCUT2D eigenvalue weighted by Gasteiger charge is -2.52. The van der Waals surface area contributed by atoms with E-state index < -0.39 is 37.8 Å². The van der Waals surface area contributed by atoms with E-state index in [1.165, 1.54) is 16.7 Å². The van der Waals surface area contributed by atoms with E-state index in [0.717, 1.165) is 4.90 Å². The number of nitrogens with zero attached hydrogens (tertiary/aromatic N) is 1. The fourth-order valence-corrected chi connectivity index (χ4v) is 6.18. The van der Waals surface area contributed by atoms with Gasteiger partial charge in [0.05, 0.1) is 18.1 Å². The Balaban J connectivity index is 2.26. The molecule has 190 valence electrons. The number of carbonyl (C=O) groups is 3. The van der Waals surface area contributed by atoms with E-state index in [2.05, 4.69) is 33.9 Å². The molecular formula is C26H41NO5SSi. The first-order chi connectivity index (χ1) is 15.4. The van der Waals surface area contributed by atoms with Gasteiger partial charge in [0.25, 0.3) is 0 Å². The molecule has 0 unspecified atom stereocenters. The molecule has 0 aromatic heterocycles. The monoisotopic (exact) mass is 507 g/mol. The molecule has 0 bridgehead atoms. The molecule has 0 saturated carbocycles. The standard InChI is InChI=1S/C26H41NO5SSi/c1-17(24(30)33-19-14-12-11-13-15-19)22-21(18(2)32-34(9,10)26(6,7)8)23(29)27(22)16-20(28)31-25(3,4)5/h11-15,17-18,21-22H,16H2,1-10H3/t17-,18+,21+,22+/m0/s1. The Morgan fingerprint density at radius 2 is 1.62 bits per heavy atom. The predicted molar refractivity (Wildman–Crippen MR) is 139 cm³/mol. The van der Waals surface area contributed by atoms with Crippen molar-refractivity contribution >= 4 is 37.1 Å². The largest absolute Gasteiger partial charge is 0.459 e. The van der Waals surface area contributed by atoms with Gasteiger partial charge in [-0.25, -0.2) is 0 Å². The van der Waals surface area contributed by atoms with Crippen molar-refractivity contribution in [1.82, 2.24) is 4.90 Å². The number of rotatable bonds is 8. The lowest BCUT2D eigenvalue weighted by Crippen LogP contribution is -2.69. The number of β-lactam (4-membered cyclic amide) rings is 1. The van der Waals surface area contributed by atoms with Crippen LogP contribution in [0.3, 0.4) is 0 Å². The van der Waals surface area contributed by atoms with E-state index in [1.807, 2.05) is 44.2 Å². The Hall–Kier alpha value is -1.64. The SMILES string of the molecule is C[C@H](C(=O)Sc1ccccc1)[C@@H]1[C@@H]([C@@H](C)O[Si](C)(C)C(C)(C)C)C(=O)N1CC(=O)OC(C)(C)C. The maximum Gasteiger partial charge on any atom is 0.326 e.